The van der Waals surface area contributed by atoms with Crippen LogP contribution >= 0.6 is 8.15 Å². The molecule has 0 bridgehead atoms. The third kappa shape index (κ3) is 3.92. The molecule has 0 aliphatic rings. The molecule has 0 saturated heterocycles. The van der Waals surface area contributed by atoms with Crippen LogP contribution in [0.5, 0.6) is 0 Å². The number of hydrogen-bond acceptors (Lipinski definition) is 2. The van der Waals surface area contributed by atoms with Crippen molar-refractivity contribution in [1.29, 1.82) is 0 Å². The molecule has 0 aromatic heterocycles. The fourth-order valence-corrected chi connectivity index (χ4v) is 4.60. The molecule has 0 radical (unpaired) electrons. The molecule has 26 heavy (non-hydrogen) atoms. The summed E-state index contributed by atoms with van der Waals surface area (Å²) in [6.45, 7) is 7.67. The maximum absolute atomic E-state index is 13.0. The van der Waals surface area contributed by atoms with E-state index in [1.54, 1.807) is 6.08 Å². The van der Waals surface area contributed by atoms with Gasteiger partial charge in [0.05, 0.1) is 5.56 Å². The van der Waals surface area contributed by atoms with E-state index in [9.17, 15) is 4.79 Å². The molecule has 0 aliphatic carbocycles. The van der Waals surface area contributed by atoms with Gasteiger partial charge in [-0.25, -0.2) is 4.79 Å². The van der Waals surface area contributed by atoms with E-state index in [-0.39, 0.29) is 5.97 Å². The van der Waals surface area contributed by atoms with Crippen molar-refractivity contribution in [3.05, 3.63) is 102 Å². The molecule has 3 aromatic carbocycles. The number of carbonyl (C=O) groups is 1. The van der Waals surface area contributed by atoms with E-state index in [0.29, 0.717) is 5.56 Å². The Morgan fingerprint density at radius 2 is 1.35 bits per heavy atom. The van der Waals surface area contributed by atoms with Gasteiger partial charge in [0, 0.05) is 10.6 Å². The standard InChI is InChI=1S/C23H21O2P/c1-4-19-15-17(2)22(18(3)16-19)23(24)25-26(20-11-7-5-8-12-20)21-13-9-6-10-14-21/h4-16H,1H2,2-3H3. The Labute approximate surface area is 156 Å². The van der Waals surface area contributed by atoms with Crippen molar-refractivity contribution in [1.82, 2.24) is 0 Å². The van der Waals surface area contributed by atoms with E-state index in [1.807, 2.05) is 86.6 Å². The first-order valence-corrected chi connectivity index (χ1v) is 9.72. The second-order valence-corrected chi connectivity index (χ2v) is 7.88. The fraction of sp³-hybridized carbons (Fsp3) is 0.0870. The maximum atomic E-state index is 13.0. The summed E-state index contributed by atoms with van der Waals surface area (Å²) < 4.78 is 6.04. The van der Waals surface area contributed by atoms with E-state index < -0.39 is 8.15 Å². The summed E-state index contributed by atoms with van der Waals surface area (Å²) in [7, 11) is -1.22. The molecule has 0 amide bonds. The topological polar surface area (TPSA) is 26.3 Å². The van der Waals surface area contributed by atoms with Crippen molar-refractivity contribution < 1.29 is 9.32 Å². The van der Waals surface area contributed by atoms with Crippen LogP contribution < -0.4 is 10.6 Å². The molecular formula is C23H21O2P. The molecule has 0 fully saturated rings. The highest BCUT2D eigenvalue weighted by Crippen LogP contribution is 2.36. The van der Waals surface area contributed by atoms with Crippen molar-refractivity contribution >= 4 is 30.8 Å². The van der Waals surface area contributed by atoms with Gasteiger partial charge in [0.1, 0.15) is 0 Å². The lowest BCUT2D eigenvalue weighted by molar-refractivity contribution is 0.0757. The predicted octanol–water partition coefficient (Wildman–Crippen LogP) is 5.15. The quantitative estimate of drug-likeness (QED) is 0.588. The molecule has 2 nitrogen and oxygen atoms in total. The maximum Gasteiger partial charge on any atom is 0.341 e. The molecule has 3 aromatic rings. The predicted molar refractivity (Wildman–Crippen MR) is 110 cm³/mol. The Hall–Kier alpha value is -2.70. The highest BCUT2D eigenvalue weighted by Gasteiger charge is 2.23. The molecule has 0 N–H and O–H groups in total. The van der Waals surface area contributed by atoms with Gasteiger partial charge in [-0.05, 0) is 30.5 Å². The van der Waals surface area contributed by atoms with Crippen LogP contribution in [0.4, 0.5) is 0 Å². The van der Waals surface area contributed by atoms with Crippen molar-refractivity contribution in [3.8, 4) is 0 Å². The smallest absolute Gasteiger partial charge is 0.341 e. The SMILES string of the molecule is C=Cc1cc(C)c(C(=O)OP(c2ccccc2)c2ccccc2)c(C)c1. The zero-order chi connectivity index (χ0) is 18.5. The summed E-state index contributed by atoms with van der Waals surface area (Å²) in [6.07, 6.45) is 1.79. The number of carbonyl (C=O) groups excluding carboxylic acids is 1. The van der Waals surface area contributed by atoms with Crippen LogP contribution in [0, 0.1) is 13.8 Å². The fourth-order valence-electron chi connectivity index (χ4n) is 2.95. The third-order valence-corrected chi connectivity index (χ3v) is 6.03. The normalized spacial score (nSPS) is 10.6. The molecule has 0 aliphatic heterocycles. The molecule has 0 heterocycles. The van der Waals surface area contributed by atoms with Gasteiger partial charge in [-0.3, -0.25) is 0 Å². The first-order chi connectivity index (χ1) is 12.6. The number of aryl methyl sites for hydroxylation is 2. The molecule has 3 heteroatoms. The minimum atomic E-state index is -1.22. The molecule has 130 valence electrons. The lowest BCUT2D eigenvalue weighted by atomic mass is 9.99. The van der Waals surface area contributed by atoms with Crippen molar-refractivity contribution in [2.24, 2.45) is 0 Å². The van der Waals surface area contributed by atoms with Crippen LogP contribution in [-0.2, 0) is 4.52 Å². The van der Waals surface area contributed by atoms with Gasteiger partial charge in [0.25, 0.3) is 0 Å². The van der Waals surface area contributed by atoms with Gasteiger partial charge in [0.2, 0.25) is 0 Å². The van der Waals surface area contributed by atoms with Crippen LogP contribution in [0.1, 0.15) is 27.0 Å². The molecule has 0 spiro atoms. The molecule has 3 rings (SSSR count). The largest absolute Gasteiger partial charge is 0.431 e. The second kappa shape index (κ2) is 8.12. The molecule has 0 atom stereocenters. The van der Waals surface area contributed by atoms with Crippen molar-refractivity contribution in [2.45, 2.75) is 13.8 Å². The van der Waals surface area contributed by atoms with Gasteiger partial charge >= 0.3 is 5.97 Å². The Morgan fingerprint density at radius 3 is 1.77 bits per heavy atom. The van der Waals surface area contributed by atoms with Crippen LogP contribution in [0.3, 0.4) is 0 Å². The Bertz CT molecular complexity index is 855. The van der Waals surface area contributed by atoms with Crippen molar-refractivity contribution in [3.63, 3.8) is 0 Å². The Kier molecular flexibility index (Phi) is 5.65. The summed E-state index contributed by atoms with van der Waals surface area (Å²) in [6, 6.07) is 23.8. The van der Waals surface area contributed by atoms with Gasteiger partial charge in [-0.2, -0.15) is 0 Å². The summed E-state index contributed by atoms with van der Waals surface area (Å²) in [5.74, 6) is -0.283. The zero-order valence-corrected chi connectivity index (χ0v) is 15.9. The summed E-state index contributed by atoms with van der Waals surface area (Å²) >= 11 is 0. The van der Waals surface area contributed by atoms with E-state index in [1.165, 1.54) is 0 Å². The zero-order valence-electron chi connectivity index (χ0n) is 15.0. The second-order valence-electron chi connectivity index (χ2n) is 6.08. The van der Waals surface area contributed by atoms with E-state index >= 15 is 0 Å². The number of benzene rings is 3. The summed E-state index contributed by atoms with van der Waals surface area (Å²) in [5, 5.41) is 2.03. The lowest BCUT2D eigenvalue weighted by Gasteiger charge is -2.19. The first kappa shape index (κ1) is 18.1. The Morgan fingerprint density at radius 1 is 0.885 bits per heavy atom. The van der Waals surface area contributed by atoms with Gasteiger partial charge in [-0.15, -0.1) is 0 Å². The summed E-state index contributed by atoms with van der Waals surface area (Å²) in [5.41, 5.74) is 3.45. The average molecular weight is 360 g/mol. The number of hydrogen-bond donors (Lipinski definition) is 0. The van der Waals surface area contributed by atoms with Crippen LogP contribution in [0.25, 0.3) is 6.08 Å². The lowest BCUT2D eigenvalue weighted by Crippen LogP contribution is -2.18. The van der Waals surface area contributed by atoms with Crippen molar-refractivity contribution in [2.75, 3.05) is 0 Å². The van der Waals surface area contributed by atoms with E-state index in [4.69, 9.17) is 4.52 Å². The Balaban J connectivity index is 1.98. The minimum absolute atomic E-state index is 0.283. The van der Waals surface area contributed by atoms with E-state index in [2.05, 4.69) is 6.58 Å². The first-order valence-electron chi connectivity index (χ1n) is 8.46. The molecule has 0 unspecified atom stereocenters. The third-order valence-electron chi connectivity index (χ3n) is 4.15. The molecule has 0 saturated carbocycles. The van der Waals surface area contributed by atoms with Crippen LogP contribution in [0.15, 0.2) is 79.4 Å². The average Bonchev–Trinajstić information content (AvgIpc) is 2.66. The monoisotopic (exact) mass is 360 g/mol. The highest BCUT2D eigenvalue weighted by molar-refractivity contribution is 7.69. The van der Waals surface area contributed by atoms with Gasteiger partial charge in [0.15, 0.2) is 8.15 Å². The number of rotatable bonds is 5. The minimum Gasteiger partial charge on any atom is -0.431 e. The summed E-state index contributed by atoms with van der Waals surface area (Å²) in [4.78, 5) is 13.0. The van der Waals surface area contributed by atoms with Crippen LogP contribution in [0.2, 0.25) is 0 Å². The molecular weight excluding hydrogens is 339 g/mol. The van der Waals surface area contributed by atoms with Gasteiger partial charge in [-0.1, -0.05) is 85.5 Å². The highest BCUT2D eigenvalue weighted by atomic mass is 31.1. The van der Waals surface area contributed by atoms with E-state index in [0.717, 1.165) is 27.3 Å². The van der Waals surface area contributed by atoms with Gasteiger partial charge < -0.3 is 4.52 Å². The van der Waals surface area contributed by atoms with Crippen LogP contribution in [-0.4, -0.2) is 5.97 Å².